The highest BCUT2D eigenvalue weighted by Crippen LogP contribution is 2.27. The lowest BCUT2D eigenvalue weighted by molar-refractivity contribution is 0.102. The third kappa shape index (κ3) is 2.42. The van der Waals surface area contributed by atoms with Gasteiger partial charge in [-0.1, -0.05) is 12.1 Å². The number of fused-ring (bicyclic) bond motifs is 1. The molecule has 1 aromatic carbocycles. The van der Waals surface area contributed by atoms with E-state index in [0.717, 1.165) is 25.2 Å². The molecule has 0 saturated carbocycles. The van der Waals surface area contributed by atoms with Gasteiger partial charge in [-0.2, -0.15) is 0 Å². The number of benzene rings is 1. The van der Waals surface area contributed by atoms with Crippen LogP contribution in [0.3, 0.4) is 0 Å². The third-order valence-electron chi connectivity index (χ3n) is 3.45. The van der Waals surface area contributed by atoms with Gasteiger partial charge in [0.2, 0.25) is 0 Å². The molecule has 0 spiro atoms. The second kappa shape index (κ2) is 5.64. The van der Waals surface area contributed by atoms with Crippen molar-refractivity contribution in [3.63, 3.8) is 0 Å². The Hall–Kier alpha value is -1.85. The van der Waals surface area contributed by atoms with Gasteiger partial charge in [-0.15, -0.1) is 11.3 Å². The number of methoxy groups -OCH3 is 1. The fraction of sp³-hybridized carbons (Fsp3) is 0.267. The highest BCUT2D eigenvalue weighted by molar-refractivity contribution is 7.12. The second-order valence-electron chi connectivity index (χ2n) is 4.64. The second-order valence-corrected chi connectivity index (χ2v) is 5.56. The molecule has 0 unspecified atom stereocenters. The molecule has 3 rings (SSSR count). The van der Waals surface area contributed by atoms with Crippen molar-refractivity contribution in [2.75, 3.05) is 19.0 Å². The van der Waals surface area contributed by atoms with E-state index >= 15 is 0 Å². The molecule has 5 heteroatoms. The van der Waals surface area contributed by atoms with Crippen LogP contribution in [0.5, 0.6) is 5.75 Å². The highest BCUT2D eigenvalue weighted by atomic mass is 32.1. The summed E-state index contributed by atoms with van der Waals surface area (Å²) >= 11 is 1.39. The largest absolute Gasteiger partial charge is 0.495 e. The summed E-state index contributed by atoms with van der Waals surface area (Å²) in [6.45, 7) is 1.79. The molecule has 0 aliphatic carbocycles. The van der Waals surface area contributed by atoms with Crippen LogP contribution < -0.4 is 15.4 Å². The minimum absolute atomic E-state index is 0.115. The Morgan fingerprint density at radius 3 is 3.15 bits per heavy atom. The van der Waals surface area contributed by atoms with Crippen molar-refractivity contribution >= 4 is 22.9 Å². The van der Waals surface area contributed by atoms with E-state index in [-0.39, 0.29) is 5.91 Å². The van der Waals surface area contributed by atoms with E-state index in [2.05, 4.69) is 16.7 Å². The van der Waals surface area contributed by atoms with Gasteiger partial charge in [0.05, 0.1) is 7.11 Å². The van der Waals surface area contributed by atoms with Crippen molar-refractivity contribution in [3.05, 3.63) is 45.6 Å². The first-order valence-corrected chi connectivity index (χ1v) is 7.42. The van der Waals surface area contributed by atoms with Crippen LogP contribution in [0.15, 0.2) is 29.6 Å². The smallest absolute Gasteiger partial charge is 0.269 e. The summed E-state index contributed by atoms with van der Waals surface area (Å²) in [5.41, 5.74) is 3.37. The Bertz CT molecular complexity index is 637. The van der Waals surface area contributed by atoms with E-state index < -0.39 is 0 Å². The number of hydrogen-bond acceptors (Lipinski definition) is 4. The molecule has 1 aliphatic heterocycles. The zero-order chi connectivity index (χ0) is 13.9. The summed E-state index contributed by atoms with van der Waals surface area (Å²) in [4.78, 5) is 12.9. The number of anilines is 1. The quantitative estimate of drug-likeness (QED) is 0.913. The number of ether oxygens (including phenoxy) is 1. The van der Waals surface area contributed by atoms with Crippen LogP contribution in [0, 0.1) is 0 Å². The molecule has 2 N–H and O–H groups in total. The molecule has 0 atom stereocenters. The normalized spacial score (nSPS) is 13.7. The first-order valence-electron chi connectivity index (χ1n) is 6.54. The van der Waals surface area contributed by atoms with Crippen LogP contribution in [-0.2, 0) is 13.0 Å². The van der Waals surface area contributed by atoms with Gasteiger partial charge in [0, 0.05) is 12.2 Å². The molecule has 1 amide bonds. The average Bonchev–Trinajstić information content (AvgIpc) is 2.96. The maximum absolute atomic E-state index is 12.3. The molecule has 1 aromatic heterocycles. The van der Waals surface area contributed by atoms with Crippen molar-refractivity contribution in [2.24, 2.45) is 0 Å². The molecular weight excluding hydrogens is 272 g/mol. The van der Waals surface area contributed by atoms with Crippen molar-refractivity contribution in [3.8, 4) is 5.75 Å². The van der Waals surface area contributed by atoms with E-state index in [1.54, 1.807) is 7.11 Å². The van der Waals surface area contributed by atoms with Crippen molar-refractivity contribution in [1.29, 1.82) is 0 Å². The molecule has 0 bridgehead atoms. The van der Waals surface area contributed by atoms with Gasteiger partial charge in [0.25, 0.3) is 5.91 Å². The Kier molecular flexibility index (Phi) is 3.71. The van der Waals surface area contributed by atoms with Gasteiger partial charge in [-0.3, -0.25) is 4.79 Å². The maximum atomic E-state index is 12.3. The summed E-state index contributed by atoms with van der Waals surface area (Å²) in [6, 6.07) is 7.87. The Morgan fingerprint density at radius 1 is 1.40 bits per heavy atom. The summed E-state index contributed by atoms with van der Waals surface area (Å²) < 4.78 is 5.19. The maximum Gasteiger partial charge on any atom is 0.269 e. The fourth-order valence-electron chi connectivity index (χ4n) is 2.43. The number of rotatable bonds is 3. The molecular formula is C15H16N2O2S. The van der Waals surface area contributed by atoms with E-state index in [4.69, 9.17) is 4.74 Å². The molecule has 0 radical (unpaired) electrons. The van der Waals surface area contributed by atoms with E-state index in [1.165, 1.54) is 22.5 Å². The van der Waals surface area contributed by atoms with Gasteiger partial charge in [0.15, 0.2) is 0 Å². The van der Waals surface area contributed by atoms with Crippen LogP contribution >= 0.6 is 11.3 Å². The molecule has 2 heterocycles. The van der Waals surface area contributed by atoms with Crippen LogP contribution in [0.25, 0.3) is 0 Å². The first kappa shape index (κ1) is 13.1. The fourth-order valence-corrected chi connectivity index (χ4v) is 3.19. The summed E-state index contributed by atoms with van der Waals surface area (Å²) in [5.74, 6) is 0.506. The lowest BCUT2D eigenvalue weighted by atomic mass is 9.99. The van der Waals surface area contributed by atoms with E-state index in [1.807, 2.05) is 23.6 Å². The van der Waals surface area contributed by atoms with Crippen LogP contribution in [0.2, 0.25) is 0 Å². The minimum atomic E-state index is -0.115. The zero-order valence-electron chi connectivity index (χ0n) is 11.2. The lowest BCUT2D eigenvalue weighted by Crippen LogP contribution is -2.25. The van der Waals surface area contributed by atoms with Gasteiger partial charge < -0.3 is 15.4 Å². The first-order chi connectivity index (χ1) is 9.79. The third-order valence-corrected chi connectivity index (χ3v) is 4.34. The van der Waals surface area contributed by atoms with Crippen molar-refractivity contribution < 1.29 is 9.53 Å². The number of nitrogens with one attached hydrogen (secondary N) is 2. The SMILES string of the molecule is COc1ccsc1C(=O)Nc1cccc2c1CNCC2. The van der Waals surface area contributed by atoms with Crippen LogP contribution in [-0.4, -0.2) is 19.6 Å². The molecule has 2 aromatic rings. The number of carbonyl (C=O) groups is 1. The molecule has 4 nitrogen and oxygen atoms in total. The Labute approximate surface area is 121 Å². The molecule has 0 saturated heterocycles. The zero-order valence-corrected chi connectivity index (χ0v) is 12.0. The van der Waals surface area contributed by atoms with E-state index in [9.17, 15) is 4.79 Å². The monoisotopic (exact) mass is 288 g/mol. The highest BCUT2D eigenvalue weighted by Gasteiger charge is 2.17. The van der Waals surface area contributed by atoms with Gasteiger partial charge in [0.1, 0.15) is 10.6 Å². The summed E-state index contributed by atoms with van der Waals surface area (Å²) in [7, 11) is 1.58. The predicted octanol–water partition coefficient (Wildman–Crippen LogP) is 2.65. The summed E-state index contributed by atoms with van der Waals surface area (Å²) in [6.07, 6.45) is 1.00. The minimum Gasteiger partial charge on any atom is -0.495 e. The molecule has 0 fully saturated rings. The molecule has 20 heavy (non-hydrogen) atoms. The molecule has 1 aliphatic rings. The molecule has 104 valence electrons. The number of thiophene rings is 1. The number of amides is 1. The topological polar surface area (TPSA) is 50.4 Å². The van der Waals surface area contributed by atoms with Crippen molar-refractivity contribution in [1.82, 2.24) is 5.32 Å². The van der Waals surface area contributed by atoms with Crippen LogP contribution in [0.1, 0.15) is 20.8 Å². The average molecular weight is 288 g/mol. The number of hydrogen-bond donors (Lipinski definition) is 2. The standard InChI is InChI=1S/C15H16N2O2S/c1-19-13-6-8-20-14(13)15(18)17-12-4-2-3-10-5-7-16-9-11(10)12/h2-4,6,8,16H,5,7,9H2,1H3,(H,17,18). The van der Waals surface area contributed by atoms with E-state index in [0.29, 0.717) is 10.6 Å². The Morgan fingerprint density at radius 2 is 2.30 bits per heavy atom. The van der Waals surface area contributed by atoms with Crippen molar-refractivity contribution in [2.45, 2.75) is 13.0 Å². The van der Waals surface area contributed by atoms with Crippen LogP contribution in [0.4, 0.5) is 5.69 Å². The van der Waals surface area contributed by atoms with Gasteiger partial charge >= 0.3 is 0 Å². The predicted molar refractivity (Wildman–Crippen MR) is 80.7 cm³/mol. The Balaban J connectivity index is 1.86. The van der Waals surface area contributed by atoms with Gasteiger partial charge in [-0.05, 0) is 41.6 Å². The summed E-state index contributed by atoms with van der Waals surface area (Å²) in [5, 5.41) is 8.19. The van der Waals surface area contributed by atoms with Gasteiger partial charge in [-0.25, -0.2) is 0 Å². The number of carbonyl (C=O) groups excluding carboxylic acids is 1. The lowest BCUT2D eigenvalue weighted by Gasteiger charge is -2.20.